The van der Waals surface area contributed by atoms with E-state index < -0.39 is 0 Å². The van der Waals surface area contributed by atoms with Crippen molar-refractivity contribution in [1.29, 1.82) is 0 Å². The van der Waals surface area contributed by atoms with Gasteiger partial charge in [-0.05, 0) is 86.4 Å². The molecule has 1 atom stereocenters. The lowest BCUT2D eigenvalue weighted by Crippen LogP contribution is -2.27. The summed E-state index contributed by atoms with van der Waals surface area (Å²) in [5.41, 5.74) is 4.99. The van der Waals surface area contributed by atoms with Gasteiger partial charge in [0.05, 0.1) is 6.04 Å². The first-order valence-electron chi connectivity index (χ1n) is 8.62. The van der Waals surface area contributed by atoms with Crippen molar-refractivity contribution in [3.63, 3.8) is 0 Å². The molecule has 0 spiro atoms. The molecule has 4 heteroatoms. The van der Waals surface area contributed by atoms with Gasteiger partial charge in [-0.2, -0.15) is 0 Å². The lowest BCUT2D eigenvalue weighted by molar-refractivity contribution is -0.121. The van der Waals surface area contributed by atoms with Gasteiger partial charge < -0.3 is 5.32 Å². The van der Waals surface area contributed by atoms with Crippen LogP contribution in [0.15, 0.2) is 41.3 Å². The molecular weight excluding hydrogens is 350 g/mol. The molecule has 134 valence electrons. The maximum Gasteiger partial charge on any atom is 0.220 e. The van der Waals surface area contributed by atoms with Crippen molar-refractivity contribution < 1.29 is 4.79 Å². The van der Waals surface area contributed by atoms with Crippen molar-refractivity contribution in [3.05, 3.63) is 63.7 Å². The minimum Gasteiger partial charge on any atom is -0.350 e. The Morgan fingerprint density at radius 3 is 2.40 bits per heavy atom. The fraction of sp³-hybridized carbons (Fsp3) is 0.381. The molecule has 0 radical (unpaired) electrons. The van der Waals surface area contributed by atoms with Crippen LogP contribution in [0.2, 0.25) is 5.02 Å². The number of hydrogen-bond acceptors (Lipinski definition) is 2. The summed E-state index contributed by atoms with van der Waals surface area (Å²) in [5.74, 6) is 1.04. The summed E-state index contributed by atoms with van der Waals surface area (Å²) in [5, 5.41) is 3.87. The summed E-state index contributed by atoms with van der Waals surface area (Å²) >= 11 is 7.63. The largest absolute Gasteiger partial charge is 0.350 e. The molecule has 2 rings (SSSR count). The molecule has 0 aliphatic rings. The second kappa shape index (κ2) is 9.30. The van der Waals surface area contributed by atoms with Gasteiger partial charge in [0, 0.05) is 16.3 Å². The number of halogens is 1. The number of nitrogens with one attached hydrogen (secondary N) is 1. The standard InChI is InChI=1S/C21H26ClNOS/c1-14-12-16(3)20(13-15(14)2)17(4)23-21(24)6-5-11-25-19-9-7-18(22)8-10-19/h7-10,12-13,17H,5-6,11H2,1-4H3,(H,23,24)/t17-/m1/s1. The monoisotopic (exact) mass is 375 g/mol. The minimum absolute atomic E-state index is 0.0377. The summed E-state index contributed by atoms with van der Waals surface area (Å²) < 4.78 is 0. The highest BCUT2D eigenvalue weighted by atomic mass is 35.5. The van der Waals surface area contributed by atoms with Crippen LogP contribution in [0.1, 0.15) is 48.1 Å². The van der Waals surface area contributed by atoms with E-state index in [0.29, 0.717) is 6.42 Å². The van der Waals surface area contributed by atoms with Crippen molar-refractivity contribution >= 4 is 29.3 Å². The number of rotatable bonds is 7. The van der Waals surface area contributed by atoms with Crippen LogP contribution < -0.4 is 5.32 Å². The summed E-state index contributed by atoms with van der Waals surface area (Å²) in [7, 11) is 0. The predicted octanol–water partition coefficient (Wildman–Crippen LogP) is 6.01. The Labute approximate surface area is 160 Å². The fourth-order valence-electron chi connectivity index (χ4n) is 2.79. The second-order valence-electron chi connectivity index (χ2n) is 6.49. The van der Waals surface area contributed by atoms with Crippen LogP contribution in [0.25, 0.3) is 0 Å². The lowest BCUT2D eigenvalue weighted by atomic mass is 9.96. The molecule has 1 N–H and O–H groups in total. The molecule has 2 aromatic carbocycles. The van der Waals surface area contributed by atoms with Gasteiger partial charge in [-0.1, -0.05) is 23.7 Å². The maximum atomic E-state index is 12.2. The molecule has 0 saturated heterocycles. The molecular formula is C21H26ClNOS. The van der Waals surface area contributed by atoms with E-state index in [1.54, 1.807) is 11.8 Å². The minimum atomic E-state index is 0.0377. The fourth-order valence-corrected chi connectivity index (χ4v) is 3.77. The Morgan fingerprint density at radius 1 is 1.08 bits per heavy atom. The first-order valence-corrected chi connectivity index (χ1v) is 9.98. The summed E-state index contributed by atoms with van der Waals surface area (Å²) in [6.07, 6.45) is 1.41. The van der Waals surface area contributed by atoms with Gasteiger partial charge in [0.2, 0.25) is 5.91 Å². The number of benzene rings is 2. The molecule has 0 fully saturated rings. The van der Waals surface area contributed by atoms with E-state index in [9.17, 15) is 4.79 Å². The Bertz CT molecular complexity index is 727. The Morgan fingerprint density at radius 2 is 1.72 bits per heavy atom. The number of carbonyl (C=O) groups excluding carboxylic acids is 1. The van der Waals surface area contributed by atoms with Gasteiger partial charge in [-0.3, -0.25) is 4.79 Å². The van der Waals surface area contributed by atoms with Gasteiger partial charge >= 0.3 is 0 Å². The Hall–Kier alpha value is -1.45. The van der Waals surface area contributed by atoms with Crippen LogP contribution >= 0.6 is 23.4 Å². The second-order valence-corrected chi connectivity index (χ2v) is 8.09. The molecule has 2 aromatic rings. The van der Waals surface area contributed by atoms with E-state index in [4.69, 9.17) is 11.6 Å². The average molecular weight is 376 g/mol. The van der Waals surface area contributed by atoms with Crippen molar-refractivity contribution in [2.24, 2.45) is 0 Å². The summed E-state index contributed by atoms with van der Waals surface area (Å²) in [6, 6.07) is 12.2. The van der Waals surface area contributed by atoms with E-state index >= 15 is 0 Å². The third kappa shape index (κ3) is 6.09. The van der Waals surface area contributed by atoms with E-state index in [0.717, 1.165) is 17.2 Å². The van der Waals surface area contributed by atoms with E-state index in [1.807, 2.05) is 24.3 Å². The van der Waals surface area contributed by atoms with Crippen molar-refractivity contribution in [3.8, 4) is 0 Å². The Balaban J connectivity index is 1.78. The topological polar surface area (TPSA) is 29.1 Å². The van der Waals surface area contributed by atoms with Crippen LogP contribution in [0, 0.1) is 20.8 Å². The summed E-state index contributed by atoms with van der Waals surface area (Å²) in [6.45, 7) is 8.39. The molecule has 0 heterocycles. The number of hydrogen-bond donors (Lipinski definition) is 1. The van der Waals surface area contributed by atoms with Crippen LogP contribution in [-0.2, 0) is 4.79 Å². The molecule has 0 aromatic heterocycles. The van der Waals surface area contributed by atoms with Gasteiger partial charge in [0.25, 0.3) is 0 Å². The number of carbonyl (C=O) groups is 1. The van der Waals surface area contributed by atoms with Gasteiger partial charge in [0.1, 0.15) is 0 Å². The van der Waals surface area contributed by atoms with Crippen molar-refractivity contribution in [2.75, 3.05) is 5.75 Å². The smallest absolute Gasteiger partial charge is 0.220 e. The Kier molecular flexibility index (Phi) is 7.39. The molecule has 0 aliphatic carbocycles. The molecule has 0 unspecified atom stereocenters. The van der Waals surface area contributed by atoms with Crippen molar-refractivity contribution in [1.82, 2.24) is 5.32 Å². The third-order valence-corrected chi connectivity index (χ3v) is 5.71. The zero-order valence-electron chi connectivity index (χ0n) is 15.4. The van der Waals surface area contributed by atoms with Crippen LogP contribution in [-0.4, -0.2) is 11.7 Å². The zero-order valence-corrected chi connectivity index (χ0v) is 16.9. The molecule has 0 aliphatic heterocycles. The first-order chi connectivity index (χ1) is 11.9. The van der Waals surface area contributed by atoms with E-state index in [2.05, 4.69) is 45.1 Å². The molecule has 0 bridgehead atoms. The van der Waals surface area contributed by atoms with Crippen LogP contribution in [0.5, 0.6) is 0 Å². The molecule has 25 heavy (non-hydrogen) atoms. The predicted molar refractivity (Wildman–Crippen MR) is 109 cm³/mol. The molecule has 2 nitrogen and oxygen atoms in total. The van der Waals surface area contributed by atoms with Crippen LogP contribution in [0.3, 0.4) is 0 Å². The SMILES string of the molecule is Cc1cc(C)c([C@@H](C)NC(=O)CCCSc2ccc(Cl)cc2)cc1C. The summed E-state index contributed by atoms with van der Waals surface area (Å²) in [4.78, 5) is 13.4. The first kappa shape index (κ1) is 19.9. The molecule has 1 amide bonds. The zero-order chi connectivity index (χ0) is 18.4. The average Bonchev–Trinajstić information content (AvgIpc) is 2.56. The normalized spacial score (nSPS) is 12.0. The highest BCUT2D eigenvalue weighted by Gasteiger charge is 2.12. The van der Waals surface area contributed by atoms with E-state index in [1.165, 1.54) is 27.1 Å². The van der Waals surface area contributed by atoms with Gasteiger partial charge in [-0.25, -0.2) is 0 Å². The highest BCUT2D eigenvalue weighted by molar-refractivity contribution is 7.99. The lowest BCUT2D eigenvalue weighted by Gasteiger charge is -2.18. The van der Waals surface area contributed by atoms with Gasteiger partial charge in [-0.15, -0.1) is 11.8 Å². The molecule has 0 saturated carbocycles. The number of amides is 1. The number of thioether (sulfide) groups is 1. The van der Waals surface area contributed by atoms with Crippen LogP contribution in [0.4, 0.5) is 0 Å². The highest BCUT2D eigenvalue weighted by Crippen LogP contribution is 2.23. The van der Waals surface area contributed by atoms with Gasteiger partial charge in [0.15, 0.2) is 0 Å². The van der Waals surface area contributed by atoms with Crippen molar-refractivity contribution in [2.45, 2.75) is 51.5 Å². The third-order valence-electron chi connectivity index (χ3n) is 4.36. The number of aryl methyl sites for hydroxylation is 3. The maximum absolute atomic E-state index is 12.2. The quantitative estimate of drug-likeness (QED) is 0.474. The van der Waals surface area contributed by atoms with E-state index in [-0.39, 0.29) is 11.9 Å².